The summed E-state index contributed by atoms with van der Waals surface area (Å²) in [7, 11) is 1.44. The van der Waals surface area contributed by atoms with Crippen molar-refractivity contribution in [3.8, 4) is 22.9 Å². The zero-order valence-corrected chi connectivity index (χ0v) is 18.2. The molecule has 3 aromatic rings. The number of rotatable bonds is 5. The van der Waals surface area contributed by atoms with E-state index in [2.05, 4.69) is 31.1 Å². The van der Waals surface area contributed by atoms with Gasteiger partial charge in [0, 0.05) is 6.07 Å². The Labute approximate surface area is 172 Å². The van der Waals surface area contributed by atoms with Gasteiger partial charge in [-0.25, -0.2) is 8.89 Å². The van der Waals surface area contributed by atoms with E-state index in [0.29, 0.717) is 27.8 Å². The molecule has 29 heavy (non-hydrogen) atoms. The van der Waals surface area contributed by atoms with E-state index < -0.39 is 10.8 Å². The highest BCUT2D eigenvalue weighted by Crippen LogP contribution is 2.33. The first-order valence-electron chi connectivity index (χ1n) is 9.07. The van der Waals surface area contributed by atoms with E-state index in [1.165, 1.54) is 0 Å². The Kier molecular flexibility index (Phi) is 5.66. The molecule has 1 unspecified atom stereocenters. The lowest BCUT2D eigenvalue weighted by Crippen LogP contribution is -2.11. The fraction of sp³-hybridized carbons (Fsp3) is 0.333. The average Bonchev–Trinajstić information content (AvgIpc) is 3.07. The number of aromatic nitrogens is 3. The molecule has 0 radical (unpaired) electrons. The zero-order valence-electron chi connectivity index (χ0n) is 17.4. The molecule has 0 aliphatic heterocycles. The quantitative estimate of drug-likeness (QED) is 0.683. The third kappa shape index (κ3) is 3.98. The second-order valence-electron chi connectivity index (χ2n) is 7.63. The molecule has 7 nitrogen and oxygen atoms in total. The van der Waals surface area contributed by atoms with Crippen LogP contribution >= 0.6 is 0 Å². The molecule has 1 heterocycles. The minimum absolute atomic E-state index is 0.0244. The summed E-state index contributed by atoms with van der Waals surface area (Å²) < 4.78 is 25.4. The topological polar surface area (TPSA) is 86.5 Å². The monoisotopic (exact) mass is 415 g/mol. The van der Waals surface area contributed by atoms with E-state index in [-0.39, 0.29) is 16.2 Å². The maximum absolute atomic E-state index is 13.2. The molecule has 0 amide bonds. The molecule has 1 aromatic heterocycles. The van der Waals surface area contributed by atoms with Gasteiger partial charge in [-0.15, -0.1) is 5.10 Å². The first kappa shape index (κ1) is 20.9. The summed E-state index contributed by atoms with van der Waals surface area (Å²) in [5, 5.41) is 19.0. The molecule has 2 aromatic carbocycles. The predicted octanol–water partition coefficient (Wildman–Crippen LogP) is 3.76. The molecule has 0 bridgehead atoms. The molecule has 0 aliphatic carbocycles. The molecule has 0 aliphatic rings. The molecule has 154 valence electrons. The van der Waals surface area contributed by atoms with Crippen LogP contribution < -0.4 is 9.47 Å². The van der Waals surface area contributed by atoms with Gasteiger partial charge in [-0.1, -0.05) is 32.1 Å². The maximum atomic E-state index is 13.2. The molecule has 8 heteroatoms. The first-order valence-corrected chi connectivity index (χ1v) is 10.2. The third-order valence-corrected chi connectivity index (χ3v) is 6.14. The van der Waals surface area contributed by atoms with Gasteiger partial charge in [0.2, 0.25) is 0 Å². The van der Waals surface area contributed by atoms with E-state index >= 15 is 0 Å². The van der Waals surface area contributed by atoms with Gasteiger partial charge >= 0.3 is 0 Å². The number of phenols is 1. The van der Waals surface area contributed by atoms with Crippen LogP contribution in [-0.2, 0) is 16.2 Å². The summed E-state index contributed by atoms with van der Waals surface area (Å²) in [5.41, 5.74) is 2.03. The van der Waals surface area contributed by atoms with Crippen molar-refractivity contribution in [1.82, 2.24) is 15.0 Å². The van der Waals surface area contributed by atoms with Gasteiger partial charge in [0.1, 0.15) is 33.7 Å². The lowest BCUT2D eigenvalue weighted by Gasteiger charge is -2.19. The standard InChI is InChI=1S/C21H25N3O4S/c1-13-20(29(26)19-10-7-14(11-17(19)25)21(2,3)4)22-23-24(13)16-12-15(27-5)8-9-18(16)28-6/h7-12,25H,1-6H3. The summed E-state index contributed by atoms with van der Waals surface area (Å²) in [6.45, 7) is 7.92. The van der Waals surface area contributed by atoms with Gasteiger partial charge in [0.05, 0.1) is 24.8 Å². The first-order chi connectivity index (χ1) is 13.7. The van der Waals surface area contributed by atoms with Crippen LogP contribution in [0.25, 0.3) is 5.69 Å². The van der Waals surface area contributed by atoms with Gasteiger partial charge in [0.25, 0.3) is 0 Å². The van der Waals surface area contributed by atoms with Crippen LogP contribution in [0.4, 0.5) is 0 Å². The summed E-state index contributed by atoms with van der Waals surface area (Å²) in [6, 6.07) is 10.5. The number of ether oxygens (including phenoxy) is 2. The van der Waals surface area contributed by atoms with Crippen molar-refractivity contribution in [1.29, 1.82) is 0 Å². The van der Waals surface area contributed by atoms with E-state index in [1.54, 1.807) is 56.2 Å². The Morgan fingerprint density at radius 3 is 2.38 bits per heavy atom. The molecule has 1 N–H and O–H groups in total. The van der Waals surface area contributed by atoms with Gasteiger partial charge < -0.3 is 14.6 Å². The fourth-order valence-electron chi connectivity index (χ4n) is 2.92. The van der Waals surface area contributed by atoms with E-state index in [9.17, 15) is 9.32 Å². The lowest BCUT2D eigenvalue weighted by molar-refractivity contribution is 0.400. The van der Waals surface area contributed by atoms with Gasteiger partial charge in [-0.2, -0.15) is 0 Å². The van der Waals surface area contributed by atoms with Crippen LogP contribution in [0.1, 0.15) is 32.0 Å². The number of benzene rings is 2. The summed E-state index contributed by atoms with van der Waals surface area (Å²) in [4.78, 5) is 0.297. The van der Waals surface area contributed by atoms with Crippen molar-refractivity contribution < 1.29 is 18.8 Å². The fourth-order valence-corrected chi connectivity index (χ4v) is 4.04. The number of hydrogen-bond acceptors (Lipinski definition) is 6. The molecule has 0 saturated carbocycles. The van der Waals surface area contributed by atoms with Gasteiger partial charge in [-0.05, 0) is 42.2 Å². The zero-order chi connectivity index (χ0) is 21.3. The van der Waals surface area contributed by atoms with Crippen LogP contribution in [0.2, 0.25) is 0 Å². The second kappa shape index (κ2) is 7.87. The highest BCUT2D eigenvalue weighted by Gasteiger charge is 2.23. The summed E-state index contributed by atoms with van der Waals surface area (Å²) in [5.74, 6) is 1.19. The van der Waals surface area contributed by atoms with Crippen molar-refractivity contribution in [3.05, 3.63) is 47.7 Å². The Morgan fingerprint density at radius 1 is 1.07 bits per heavy atom. The number of hydrogen-bond donors (Lipinski definition) is 1. The van der Waals surface area contributed by atoms with Crippen molar-refractivity contribution in [2.75, 3.05) is 14.2 Å². The van der Waals surface area contributed by atoms with Crippen molar-refractivity contribution in [3.63, 3.8) is 0 Å². The second-order valence-corrected chi connectivity index (χ2v) is 8.99. The van der Waals surface area contributed by atoms with Crippen molar-refractivity contribution in [2.45, 2.75) is 43.0 Å². The average molecular weight is 416 g/mol. The third-order valence-electron chi connectivity index (χ3n) is 4.67. The van der Waals surface area contributed by atoms with E-state index in [4.69, 9.17) is 9.47 Å². The molecular formula is C21H25N3O4S. The van der Waals surface area contributed by atoms with Crippen LogP contribution in [0, 0.1) is 6.92 Å². The normalized spacial score (nSPS) is 12.6. The Balaban J connectivity index is 2.03. The largest absolute Gasteiger partial charge is 0.507 e. The number of aromatic hydroxyl groups is 1. The SMILES string of the molecule is COc1ccc(OC)c(-n2nnc(S(=O)c3ccc(C(C)(C)C)cc3O)c2C)c1. The molecule has 0 fully saturated rings. The Hall–Kier alpha value is -2.87. The van der Waals surface area contributed by atoms with Crippen molar-refractivity contribution >= 4 is 10.8 Å². The van der Waals surface area contributed by atoms with Crippen LogP contribution in [-0.4, -0.2) is 38.5 Å². The molecule has 0 saturated heterocycles. The van der Waals surface area contributed by atoms with Crippen LogP contribution in [0.15, 0.2) is 46.3 Å². The van der Waals surface area contributed by atoms with Gasteiger partial charge in [-0.3, -0.25) is 0 Å². The van der Waals surface area contributed by atoms with Crippen LogP contribution in [0.5, 0.6) is 17.2 Å². The van der Waals surface area contributed by atoms with Gasteiger partial charge in [0.15, 0.2) is 5.03 Å². The molecular weight excluding hydrogens is 390 g/mol. The highest BCUT2D eigenvalue weighted by molar-refractivity contribution is 7.85. The number of nitrogens with zero attached hydrogens (tertiary/aromatic N) is 3. The van der Waals surface area contributed by atoms with E-state index in [0.717, 1.165) is 5.56 Å². The number of phenolic OH excluding ortho intramolecular Hbond substituents is 1. The van der Waals surface area contributed by atoms with Crippen molar-refractivity contribution in [2.24, 2.45) is 0 Å². The molecule has 0 spiro atoms. The van der Waals surface area contributed by atoms with E-state index in [1.807, 2.05) is 6.07 Å². The lowest BCUT2D eigenvalue weighted by atomic mass is 9.87. The maximum Gasteiger partial charge on any atom is 0.177 e. The Bertz CT molecular complexity index is 1070. The Morgan fingerprint density at radius 2 is 1.79 bits per heavy atom. The summed E-state index contributed by atoms with van der Waals surface area (Å²) >= 11 is 0. The number of methoxy groups -OCH3 is 2. The minimum Gasteiger partial charge on any atom is -0.507 e. The molecule has 3 rings (SSSR count). The summed E-state index contributed by atoms with van der Waals surface area (Å²) in [6.07, 6.45) is 0. The molecule has 1 atom stereocenters. The minimum atomic E-state index is -1.69. The predicted molar refractivity (Wildman–Crippen MR) is 111 cm³/mol. The highest BCUT2D eigenvalue weighted by atomic mass is 32.2. The smallest absolute Gasteiger partial charge is 0.177 e. The van der Waals surface area contributed by atoms with Crippen LogP contribution in [0.3, 0.4) is 0 Å².